The lowest BCUT2D eigenvalue weighted by atomic mass is 10.0. The van der Waals surface area contributed by atoms with Crippen molar-refractivity contribution in [3.8, 4) is 5.69 Å². The van der Waals surface area contributed by atoms with E-state index in [1.54, 1.807) is 28.9 Å². The van der Waals surface area contributed by atoms with Gasteiger partial charge in [-0.25, -0.2) is 14.1 Å². The van der Waals surface area contributed by atoms with E-state index in [-0.39, 0.29) is 11.7 Å². The quantitative estimate of drug-likeness (QED) is 0.463. The molecule has 1 amide bonds. The number of benzene rings is 2. The van der Waals surface area contributed by atoms with Crippen molar-refractivity contribution in [2.75, 3.05) is 26.3 Å². The highest BCUT2D eigenvalue weighted by Gasteiger charge is 2.29. The zero-order chi connectivity index (χ0) is 24.4. The second kappa shape index (κ2) is 10.5. The summed E-state index contributed by atoms with van der Waals surface area (Å²) in [6, 6.07) is 11.6. The topological polar surface area (TPSA) is 59.4 Å². The first-order valence-corrected chi connectivity index (χ1v) is 12.4. The first-order valence-electron chi connectivity index (χ1n) is 11.7. The third-order valence-corrected chi connectivity index (χ3v) is 6.78. The molecule has 0 radical (unpaired) electrons. The molecule has 0 saturated carbocycles. The molecule has 1 saturated heterocycles. The van der Waals surface area contributed by atoms with Crippen LogP contribution >= 0.6 is 23.2 Å². The maximum atomic E-state index is 13.5. The summed E-state index contributed by atoms with van der Waals surface area (Å²) in [7, 11) is 0. The van der Waals surface area contributed by atoms with Crippen LogP contribution in [0.4, 0.5) is 4.39 Å². The van der Waals surface area contributed by atoms with Gasteiger partial charge in [-0.3, -0.25) is 10.2 Å². The van der Waals surface area contributed by atoms with Crippen molar-refractivity contribution in [1.29, 1.82) is 0 Å². The van der Waals surface area contributed by atoms with Gasteiger partial charge in [-0.2, -0.15) is 5.10 Å². The summed E-state index contributed by atoms with van der Waals surface area (Å²) in [4.78, 5) is 13.4. The number of ether oxygens (including phenoxy) is 1. The zero-order valence-electron chi connectivity index (χ0n) is 19.1. The molecule has 1 aliphatic heterocycles. The molecule has 35 heavy (non-hydrogen) atoms. The van der Waals surface area contributed by atoms with E-state index in [0.717, 1.165) is 41.7 Å². The predicted molar refractivity (Wildman–Crippen MR) is 135 cm³/mol. The molecule has 6 nitrogen and oxygen atoms in total. The average Bonchev–Trinajstić information content (AvgIpc) is 3.10. The fourth-order valence-corrected chi connectivity index (χ4v) is 5.02. The third-order valence-electron chi connectivity index (χ3n) is 6.25. The summed E-state index contributed by atoms with van der Waals surface area (Å²) >= 11 is 12.7. The van der Waals surface area contributed by atoms with Crippen LogP contribution in [0, 0.1) is 5.82 Å². The Morgan fingerprint density at radius 3 is 2.54 bits per heavy atom. The van der Waals surface area contributed by atoms with Gasteiger partial charge in [0, 0.05) is 23.7 Å². The molecule has 182 valence electrons. The zero-order valence-corrected chi connectivity index (χ0v) is 20.6. The molecule has 5 rings (SSSR count). The number of halogens is 3. The largest absolute Gasteiger partial charge is 0.379 e. The second-order valence-electron chi connectivity index (χ2n) is 8.65. The fraction of sp³-hybridized carbons (Fsp3) is 0.308. The monoisotopic (exact) mass is 514 g/mol. The molecule has 2 aliphatic rings. The lowest BCUT2D eigenvalue weighted by Gasteiger charge is -2.26. The van der Waals surface area contributed by atoms with E-state index < -0.39 is 0 Å². The Hall–Kier alpha value is -2.71. The van der Waals surface area contributed by atoms with Gasteiger partial charge in [0.15, 0.2) is 5.69 Å². The summed E-state index contributed by atoms with van der Waals surface area (Å²) in [6.07, 6.45) is 5.43. The molecule has 0 unspecified atom stereocenters. The van der Waals surface area contributed by atoms with Gasteiger partial charge >= 0.3 is 0 Å². The number of morpholine rings is 1. The number of hydrazine groups is 1. The van der Waals surface area contributed by atoms with E-state index in [0.29, 0.717) is 54.2 Å². The Kier molecular flexibility index (Phi) is 7.20. The maximum Gasteiger partial charge on any atom is 0.286 e. The number of fused-ring (bicyclic) bond motifs is 1. The molecular weight excluding hydrogens is 490 g/mol. The first kappa shape index (κ1) is 24.0. The number of allylic oxidation sites excluding steroid dienone is 1. The Bertz CT molecular complexity index is 1270. The van der Waals surface area contributed by atoms with Crippen molar-refractivity contribution in [1.82, 2.24) is 20.2 Å². The number of carbonyl (C=O) groups excluding carboxylic acids is 1. The highest BCUT2D eigenvalue weighted by atomic mass is 35.5. The maximum absolute atomic E-state index is 13.5. The van der Waals surface area contributed by atoms with Gasteiger partial charge in [-0.15, -0.1) is 0 Å². The number of hydrogen-bond donors (Lipinski definition) is 1. The average molecular weight is 515 g/mol. The first-order chi connectivity index (χ1) is 17.0. The molecular formula is C26H25Cl2FN4O2. The highest BCUT2D eigenvalue weighted by Crippen LogP contribution is 2.36. The minimum absolute atomic E-state index is 0.255. The molecule has 9 heteroatoms. The van der Waals surface area contributed by atoms with Crippen LogP contribution in [-0.4, -0.2) is 47.0 Å². The molecule has 2 heterocycles. The van der Waals surface area contributed by atoms with Crippen molar-refractivity contribution in [3.63, 3.8) is 0 Å². The van der Waals surface area contributed by atoms with Crippen LogP contribution in [0.2, 0.25) is 10.0 Å². The molecule has 1 aliphatic carbocycles. The summed E-state index contributed by atoms with van der Waals surface area (Å²) in [5, 5.41) is 7.60. The summed E-state index contributed by atoms with van der Waals surface area (Å²) in [5.41, 5.74) is 7.64. The standard InChI is InChI=1S/C26H25Cl2FN4O2/c27-19-7-10-23(22(28)16-19)33-25-18(15-17-5-8-20(29)9-6-17)3-1-2-4-21(25)24(30-33)26(34)31-32-11-13-35-14-12-32/h5-10,15-16H,1-4,11-14H2,(H,31,34)/b18-15+. The Balaban J connectivity index is 1.64. The normalized spacial score (nSPS) is 17.7. The number of nitrogens with zero attached hydrogens (tertiary/aromatic N) is 3. The molecule has 1 N–H and O–H groups in total. The van der Waals surface area contributed by atoms with E-state index in [9.17, 15) is 9.18 Å². The predicted octanol–water partition coefficient (Wildman–Crippen LogP) is 5.56. The smallest absolute Gasteiger partial charge is 0.286 e. The minimum atomic E-state index is -0.284. The molecule has 1 fully saturated rings. The van der Waals surface area contributed by atoms with E-state index in [2.05, 4.69) is 5.43 Å². The van der Waals surface area contributed by atoms with Crippen LogP contribution in [0.5, 0.6) is 0 Å². The molecule has 0 atom stereocenters. The third kappa shape index (κ3) is 5.28. The molecule has 3 aromatic rings. The van der Waals surface area contributed by atoms with Crippen molar-refractivity contribution < 1.29 is 13.9 Å². The van der Waals surface area contributed by atoms with Crippen LogP contribution in [0.25, 0.3) is 17.3 Å². The van der Waals surface area contributed by atoms with Crippen molar-refractivity contribution in [3.05, 3.63) is 80.8 Å². The molecule has 1 aromatic heterocycles. The lowest BCUT2D eigenvalue weighted by Crippen LogP contribution is -2.48. The minimum Gasteiger partial charge on any atom is -0.379 e. The Morgan fingerprint density at radius 2 is 1.80 bits per heavy atom. The van der Waals surface area contributed by atoms with Crippen molar-refractivity contribution in [2.24, 2.45) is 0 Å². The van der Waals surface area contributed by atoms with Gasteiger partial charge in [0.25, 0.3) is 5.91 Å². The van der Waals surface area contributed by atoms with E-state index in [1.165, 1.54) is 12.1 Å². The van der Waals surface area contributed by atoms with Gasteiger partial charge in [0.1, 0.15) is 5.82 Å². The number of amides is 1. The summed E-state index contributed by atoms with van der Waals surface area (Å²) in [5.74, 6) is -0.538. The Labute approximate surface area is 213 Å². The lowest BCUT2D eigenvalue weighted by molar-refractivity contribution is 0.0124. The van der Waals surface area contributed by atoms with E-state index >= 15 is 0 Å². The number of hydrogen-bond acceptors (Lipinski definition) is 4. The van der Waals surface area contributed by atoms with E-state index in [1.807, 2.05) is 17.2 Å². The van der Waals surface area contributed by atoms with Crippen molar-refractivity contribution >= 4 is 40.8 Å². The fourth-order valence-electron chi connectivity index (χ4n) is 4.53. The van der Waals surface area contributed by atoms with E-state index in [4.69, 9.17) is 33.0 Å². The van der Waals surface area contributed by atoms with Gasteiger partial charge in [-0.1, -0.05) is 35.3 Å². The van der Waals surface area contributed by atoms with Crippen LogP contribution in [0.15, 0.2) is 42.5 Å². The van der Waals surface area contributed by atoms with Crippen molar-refractivity contribution in [2.45, 2.75) is 25.7 Å². The van der Waals surface area contributed by atoms with Gasteiger partial charge in [0.2, 0.25) is 0 Å². The van der Waals surface area contributed by atoms with Gasteiger partial charge < -0.3 is 4.74 Å². The Morgan fingerprint density at radius 1 is 1.06 bits per heavy atom. The number of aromatic nitrogens is 2. The second-order valence-corrected chi connectivity index (χ2v) is 9.50. The van der Waals surface area contributed by atoms with Crippen LogP contribution < -0.4 is 5.43 Å². The highest BCUT2D eigenvalue weighted by molar-refractivity contribution is 6.35. The van der Waals surface area contributed by atoms with Gasteiger partial charge in [0.05, 0.1) is 29.6 Å². The number of nitrogens with one attached hydrogen (secondary N) is 1. The molecule has 0 spiro atoms. The number of carbonyl (C=O) groups is 1. The summed E-state index contributed by atoms with van der Waals surface area (Å²) in [6.45, 7) is 2.37. The van der Waals surface area contributed by atoms with Crippen LogP contribution in [0.3, 0.4) is 0 Å². The van der Waals surface area contributed by atoms with Gasteiger partial charge in [-0.05, 0) is 73.2 Å². The SMILES string of the molecule is O=C(NN1CCOCC1)c1nn(-c2ccc(Cl)cc2Cl)c2c1CCCC/C2=C\c1ccc(F)cc1. The molecule has 0 bridgehead atoms. The van der Waals surface area contributed by atoms with Crippen LogP contribution in [0.1, 0.15) is 46.6 Å². The molecule has 2 aromatic carbocycles. The summed E-state index contributed by atoms with van der Waals surface area (Å²) < 4.78 is 20.6. The van der Waals surface area contributed by atoms with Crippen LogP contribution in [-0.2, 0) is 11.2 Å². The number of rotatable bonds is 4.